The van der Waals surface area contributed by atoms with Gasteiger partial charge in [-0.05, 0) is 19.9 Å². The highest BCUT2D eigenvalue weighted by Crippen LogP contribution is 2.14. The van der Waals surface area contributed by atoms with E-state index in [2.05, 4.69) is 32.3 Å². The van der Waals surface area contributed by atoms with Crippen LogP contribution in [0.25, 0.3) is 11.6 Å². The zero-order valence-corrected chi connectivity index (χ0v) is 9.40. The SMILES string of the molecule is CCCNC(C)c1nc(-c2ncc[nH]2)no1. The van der Waals surface area contributed by atoms with Gasteiger partial charge in [0.15, 0.2) is 5.82 Å². The fourth-order valence-electron chi connectivity index (χ4n) is 1.34. The number of rotatable bonds is 5. The summed E-state index contributed by atoms with van der Waals surface area (Å²) in [6, 6.07) is 0.0659. The molecule has 1 atom stereocenters. The monoisotopic (exact) mass is 221 g/mol. The van der Waals surface area contributed by atoms with Crippen LogP contribution in [-0.4, -0.2) is 26.7 Å². The summed E-state index contributed by atoms with van der Waals surface area (Å²) < 4.78 is 5.16. The minimum atomic E-state index is 0.0659. The fraction of sp³-hybridized carbons (Fsp3) is 0.500. The van der Waals surface area contributed by atoms with Crippen molar-refractivity contribution in [2.75, 3.05) is 6.54 Å². The number of hydrogen-bond acceptors (Lipinski definition) is 5. The van der Waals surface area contributed by atoms with Crippen LogP contribution < -0.4 is 5.32 Å². The van der Waals surface area contributed by atoms with E-state index in [4.69, 9.17) is 4.52 Å². The van der Waals surface area contributed by atoms with Crippen LogP contribution >= 0.6 is 0 Å². The van der Waals surface area contributed by atoms with Crippen LogP contribution in [-0.2, 0) is 0 Å². The van der Waals surface area contributed by atoms with Gasteiger partial charge in [0.1, 0.15) is 0 Å². The molecule has 0 aliphatic rings. The Bertz CT molecular complexity index is 422. The first-order chi connectivity index (χ1) is 7.81. The largest absolute Gasteiger partial charge is 0.342 e. The summed E-state index contributed by atoms with van der Waals surface area (Å²) in [4.78, 5) is 11.3. The summed E-state index contributed by atoms with van der Waals surface area (Å²) in [5.74, 6) is 1.70. The van der Waals surface area contributed by atoms with Gasteiger partial charge in [-0.2, -0.15) is 4.98 Å². The normalized spacial score (nSPS) is 12.9. The third-order valence-corrected chi connectivity index (χ3v) is 2.22. The third kappa shape index (κ3) is 2.27. The molecule has 0 aliphatic heterocycles. The van der Waals surface area contributed by atoms with E-state index in [0.29, 0.717) is 17.5 Å². The van der Waals surface area contributed by atoms with Gasteiger partial charge in [-0.25, -0.2) is 4.98 Å². The molecule has 6 heteroatoms. The lowest BCUT2D eigenvalue weighted by molar-refractivity contribution is 0.340. The number of hydrogen-bond donors (Lipinski definition) is 2. The second-order valence-corrected chi connectivity index (χ2v) is 3.57. The van der Waals surface area contributed by atoms with Gasteiger partial charge in [0.2, 0.25) is 11.7 Å². The number of aromatic amines is 1. The first-order valence-corrected chi connectivity index (χ1v) is 5.38. The summed E-state index contributed by atoms with van der Waals surface area (Å²) in [5, 5.41) is 7.15. The fourth-order valence-corrected chi connectivity index (χ4v) is 1.34. The van der Waals surface area contributed by atoms with Crippen molar-refractivity contribution in [1.82, 2.24) is 25.4 Å². The molecule has 16 heavy (non-hydrogen) atoms. The lowest BCUT2D eigenvalue weighted by atomic mass is 10.3. The Morgan fingerprint density at radius 1 is 1.56 bits per heavy atom. The van der Waals surface area contributed by atoms with Gasteiger partial charge < -0.3 is 14.8 Å². The molecule has 2 N–H and O–H groups in total. The zero-order valence-electron chi connectivity index (χ0n) is 9.40. The first kappa shape index (κ1) is 10.8. The first-order valence-electron chi connectivity index (χ1n) is 5.38. The Kier molecular flexibility index (Phi) is 3.31. The molecule has 2 aromatic rings. The van der Waals surface area contributed by atoms with Gasteiger partial charge in [-0.3, -0.25) is 0 Å². The Morgan fingerprint density at radius 2 is 2.44 bits per heavy atom. The average Bonchev–Trinajstić information content (AvgIpc) is 2.94. The quantitative estimate of drug-likeness (QED) is 0.800. The van der Waals surface area contributed by atoms with Gasteiger partial charge in [-0.15, -0.1) is 0 Å². The Balaban J connectivity index is 2.07. The highest BCUT2D eigenvalue weighted by Gasteiger charge is 2.15. The van der Waals surface area contributed by atoms with Crippen LogP contribution in [0.3, 0.4) is 0 Å². The van der Waals surface area contributed by atoms with Crippen molar-refractivity contribution < 1.29 is 4.52 Å². The molecule has 2 aromatic heterocycles. The third-order valence-electron chi connectivity index (χ3n) is 2.22. The smallest absolute Gasteiger partial charge is 0.243 e. The van der Waals surface area contributed by atoms with E-state index in [-0.39, 0.29) is 6.04 Å². The molecule has 0 saturated carbocycles. The van der Waals surface area contributed by atoms with Crippen LogP contribution in [0.15, 0.2) is 16.9 Å². The molecule has 0 radical (unpaired) electrons. The summed E-state index contributed by atoms with van der Waals surface area (Å²) in [7, 11) is 0. The van der Waals surface area contributed by atoms with Crippen LogP contribution in [0.1, 0.15) is 32.2 Å². The predicted octanol–water partition coefficient (Wildman–Crippen LogP) is 1.52. The minimum Gasteiger partial charge on any atom is -0.342 e. The number of nitrogens with one attached hydrogen (secondary N) is 2. The Labute approximate surface area is 93.5 Å². The van der Waals surface area contributed by atoms with Crippen molar-refractivity contribution in [1.29, 1.82) is 0 Å². The number of imidazole rings is 1. The number of aromatic nitrogens is 4. The second-order valence-electron chi connectivity index (χ2n) is 3.57. The van der Waals surface area contributed by atoms with Crippen molar-refractivity contribution in [2.24, 2.45) is 0 Å². The standard InChI is InChI=1S/C10H15N5O/c1-3-4-11-7(2)10-14-9(15-16-10)8-12-5-6-13-8/h5-7,11H,3-4H2,1-2H3,(H,12,13). The molecule has 0 spiro atoms. The summed E-state index contributed by atoms with van der Waals surface area (Å²) in [6.07, 6.45) is 4.46. The van der Waals surface area contributed by atoms with Crippen LogP contribution in [0, 0.1) is 0 Å². The van der Waals surface area contributed by atoms with Crippen molar-refractivity contribution in [3.05, 3.63) is 18.3 Å². The lowest BCUT2D eigenvalue weighted by Crippen LogP contribution is -2.19. The highest BCUT2D eigenvalue weighted by molar-refractivity contribution is 5.40. The maximum Gasteiger partial charge on any atom is 0.243 e. The Morgan fingerprint density at radius 3 is 3.12 bits per heavy atom. The van der Waals surface area contributed by atoms with E-state index >= 15 is 0 Å². The topological polar surface area (TPSA) is 79.6 Å². The molecule has 2 rings (SSSR count). The molecule has 0 aromatic carbocycles. The lowest BCUT2D eigenvalue weighted by Gasteiger charge is -2.06. The zero-order chi connectivity index (χ0) is 11.4. The minimum absolute atomic E-state index is 0.0659. The molecule has 0 amide bonds. The van der Waals surface area contributed by atoms with E-state index in [9.17, 15) is 0 Å². The van der Waals surface area contributed by atoms with Gasteiger partial charge in [0, 0.05) is 12.4 Å². The second kappa shape index (κ2) is 4.89. The summed E-state index contributed by atoms with van der Waals surface area (Å²) in [6.45, 7) is 5.04. The molecular formula is C10H15N5O. The van der Waals surface area contributed by atoms with E-state index in [1.807, 2.05) is 6.92 Å². The van der Waals surface area contributed by atoms with Crippen molar-refractivity contribution in [3.63, 3.8) is 0 Å². The molecule has 0 saturated heterocycles. The predicted molar refractivity (Wildman–Crippen MR) is 58.6 cm³/mol. The molecule has 2 heterocycles. The van der Waals surface area contributed by atoms with Gasteiger partial charge in [0.25, 0.3) is 0 Å². The van der Waals surface area contributed by atoms with E-state index in [1.165, 1.54) is 0 Å². The highest BCUT2D eigenvalue weighted by atomic mass is 16.5. The van der Waals surface area contributed by atoms with Gasteiger partial charge in [0.05, 0.1) is 6.04 Å². The molecule has 0 bridgehead atoms. The van der Waals surface area contributed by atoms with E-state index < -0.39 is 0 Å². The molecular weight excluding hydrogens is 206 g/mol. The maximum absolute atomic E-state index is 5.16. The molecule has 0 aliphatic carbocycles. The molecule has 0 fully saturated rings. The van der Waals surface area contributed by atoms with Crippen LogP contribution in [0.5, 0.6) is 0 Å². The van der Waals surface area contributed by atoms with Crippen molar-refractivity contribution in [2.45, 2.75) is 26.3 Å². The number of nitrogens with zero attached hydrogens (tertiary/aromatic N) is 3. The van der Waals surface area contributed by atoms with Gasteiger partial charge >= 0.3 is 0 Å². The van der Waals surface area contributed by atoms with Gasteiger partial charge in [-0.1, -0.05) is 12.1 Å². The Hall–Kier alpha value is -1.69. The molecule has 1 unspecified atom stereocenters. The van der Waals surface area contributed by atoms with Crippen molar-refractivity contribution in [3.8, 4) is 11.6 Å². The van der Waals surface area contributed by atoms with E-state index in [0.717, 1.165) is 13.0 Å². The van der Waals surface area contributed by atoms with Crippen molar-refractivity contribution >= 4 is 0 Å². The number of H-pyrrole nitrogens is 1. The average molecular weight is 221 g/mol. The molecule has 86 valence electrons. The van der Waals surface area contributed by atoms with Crippen LogP contribution in [0.4, 0.5) is 0 Å². The van der Waals surface area contributed by atoms with E-state index in [1.54, 1.807) is 12.4 Å². The summed E-state index contributed by atoms with van der Waals surface area (Å²) in [5.41, 5.74) is 0. The maximum atomic E-state index is 5.16. The summed E-state index contributed by atoms with van der Waals surface area (Å²) >= 11 is 0. The molecule has 6 nitrogen and oxygen atoms in total. The van der Waals surface area contributed by atoms with Crippen LogP contribution in [0.2, 0.25) is 0 Å².